The molecule has 0 radical (unpaired) electrons. The molecule has 5 heterocycles. The normalized spacial score (nSPS) is 37.6. The molecule has 312 valence electrons. The van der Waals surface area contributed by atoms with Crippen molar-refractivity contribution in [2.24, 2.45) is 22.7 Å². The number of aromatic nitrogens is 1. The van der Waals surface area contributed by atoms with Crippen molar-refractivity contribution >= 4 is 34.8 Å². The molecule has 0 aliphatic carbocycles. The summed E-state index contributed by atoms with van der Waals surface area (Å²) in [6.45, 7) is 17.1. The molecule has 0 spiro atoms. The molecule has 2 aromatic rings. The number of aliphatic hydroxyl groups excluding tert-OH is 1. The molecule has 1 N–H and O–H groups in total. The van der Waals surface area contributed by atoms with Gasteiger partial charge < -0.3 is 33.7 Å². The number of benzene rings is 1. The van der Waals surface area contributed by atoms with Crippen molar-refractivity contribution in [1.29, 1.82) is 0 Å². The molecule has 6 rings (SSSR count). The second-order valence-electron chi connectivity index (χ2n) is 17.4. The third-order valence-electron chi connectivity index (χ3n) is 12.7. The van der Waals surface area contributed by atoms with E-state index in [1.54, 1.807) is 18.0 Å². The SMILES string of the molecule is CCC[C@@H]1OC(=O)/C(C)=C/[C@H](C)[C@@H](O[C@H]2O[C@@H](C)C[C@@H](N(C)C)C2O)[C@@](C)(OC/C=C/c2ccnc3ccccc23)C[C@@H](C)C2=NCCN3C(=O)O[C@@]1(C)[C@H]3[C@@H]2C. The zero-order valence-corrected chi connectivity index (χ0v) is 35.5. The standard InChI is InChI=1S/C45H64N4O8/c1-11-15-36-45(8)39-31(6)37(47-21-22-49(39)43(52)57-45)29(4)26-44(7,53-23-14-16-32-19-20-46-34-18-13-12-17-33(32)34)40(27(2)24-28(3)41(51)55-36)56-42-38(50)35(48(9)10)25-30(5)54-42/h12-14,16-20,24,27,29-31,35-36,38-40,42,50H,11,15,21-23,25-26H2,1-10H3/b16-14+,28-24+/t27-,29+,30-,31+,35+,36-,38?,39+,40+,42+,44-,45+/m0/s1. The highest BCUT2D eigenvalue weighted by molar-refractivity contribution is 5.91. The summed E-state index contributed by atoms with van der Waals surface area (Å²) in [6, 6.07) is 9.43. The van der Waals surface area contributed by atoms with Gasteiger partial charge in [0, 0.05) is 47.3 Å². The fourth-order valence-corrected chi connectivity index (χ4v) is 9.95. The summed E-state index contributed by atoms with van der Waals surface area (Å²) in [5.41, 5.74) is 1.20. The maximum Gasteiger partial charge on any atom is 0.410 e. The number of carbonyl (C=O) groups excluding carboxylic acids is 2. The number of aliphatic hydroxyl groups is 1. The highest BCUT2D eigenvalue weighted by Crippen LogP contribution is 2.44. The highest BCUT2D eigenvalue weighted by Gasteiger charge is 2.60. The van der Waals surface area contributed by atoms with E-state index in [0.29, 0.717) is 37.9 Å². The van der Waals surface area contributed by atoms with Gasteiger partial charge in [-0.05, 0) is 84.7 Å². The molecule has 12 heteroatoms. The third kappa shape index (κ3) is 8.85. The van der Waals surface area contributed by atoms with Gasteiger partial charge in [0.1, 0.15) is 12.2 Å². The van der Waals surface area contributed by atoms with E-state index in [0.717, 1.165) is 28.6 Å². The molecule has 2 fully saturated rings. The fourth-order valence-electron chi connectivity index (χ4n) is 9.95. The minimum atomic E-state index is -1.09. The van der Waals surface area contributed by atoms with Crippen molar-refractivity contribution in [3.05, 3.63) is 59.8 Å². The lowest BCUT2D eigenvalue weighted by molar-refractivity contribution is -0.295. The Morgan fingerprint density at radius 2 is 1.86 bits per heavy atom. The molecular formula is C45H64N4O8. The van der Waals surface area contributed by atoms with E-state index in [4.69, 9.17) is 28.7 Å². The van der Waals surface area contributed by atoms with Gasteiger partial charge in [0.05, 0.1) is 42.5 Å². The largest absolute Gasteiger partial charge is 0.455 e. The highest BCUT2D eigenvalue weighted by atomic mass is 16.7. The van der Waals surface area contributed by atoms with E-state index in [9.17, 15) is 14.7 Å². The average molecular weight is 789 g/mol. The van der Waals surface area contributed by atoms with Crippen LogP contribution in [-0.2, 0) is 28.5 Å². The van der Waals surface area contributed by atoms with Crippen molar-refractivity contribution in [2.45, 2.75) is 135 Å². The molecule has 2 saturated heterocycles. The second kappa shape index (κ2) is 17.7. The first kappa shape index (κ1) is 42.9. The molecule has 2 bridgehead atoms. The number of aliphatic imine (C=N–C) groups is 1. The van der Waals surface area contributed by atoms with Crippen molar-refractivity contribution in [3.8, 4) is 0 Å². The first-order chi connectivity index (χ1) is 27.1. The number of nitrogens with zero attached hydrogens (tertiary/aromatic N) is 4. The van der Waals surface area contributed by atoms with Gasteiger partial charge in [-0.2, -0.15) is 0 Å². The summed E-state index contributed by atoms with van der Waals surface area (Å²) in [7, 11) is 3.90. The molecule has 1 aromatic carbocycles. The number of rotatable bonds is 9. The van der Waals surface area contributed by atoms with Crippen LogP contribution in [0.5, 0.6) is 0 Å². The minimum absolute atomic E-state index is 0.123. The van der Waals surface area contributed by atoms with Crippen LogP contribution in [0.15, 0.2) is 59.2 Å². The van der Waals surface area contributed by atoms with Crippen LogP contribution in [0.4, 0.5) is 4.79 Å². The van der Waals surface area contributed by atoms with Gasteiger partial charge in [-0.1, -0.05) is 70.5 Å². The number of hydrogen-bond acceptors (Lipinski definition) is 11. The molecule has 0 saturated carbocycles. The van der Waals surface area contributed by atoms with Crippen LogP contribution in [0.3, 0.4) is 0 Å². The van der Waals surface area contributed by atoms with E-state index in [-0.39, 0.29) is 30.6 Å². The monoisotopic (exact) mass is 788 g/mol. The summed E-state index contributed by atoms with van der Waals surface area (Å²) < 4.78 is 33.0. The molecular weight excluding hydrogens is 725 g/mol. The molecule has 12 atom stereocenters. The van der Waals surface area contributed by atoms with Crippen LogP contribution in [-0.4, -0.2) is 125 Å². The van der Waals surface area contributed by atoms with Crippen molar-refractivity contribution in [3.63, 3.8) is 0 Å². The molecule has 4 aliphatic heterocycles. The zero-order valence-electron chi connectivity index (χ0n) is 35.5. The van der Waals surface area contributed by atoms with Gasteiger partial charge in [0.15, 0.2) is 11.9 Å². The first-order valence-corrected chi connectivity index (χ1v) is 20.8. The summed E-state index contributed by atoms with van der Waals surface area (Å²) in [6.07, 6.45) is 6.30. The Bertz CT molecular complexity index is 1840. The minimum Gasteiger partial charge on any atom is -0.455 e. The lowest BCUT2D eigenvalue weighted by Gasteiger charge is -2.47. The van der Waals surface area contributed by atoms with E-state index in [1.807, 2.05) is 96.1 Å². The van der Waals surface area contributed by atoms with Crippen LogP contribution < -0.4 is 0 Å². The number of pyridine rings is 1. The van der Waals surface area contributed by atoms with Crippen LogP contribution in [0.1, 0.15) is 86.6 Å². The van der Waals surface area contributed by atoms with E-state index < -0.39 is 59.8 Å². The molecule has 1 aromatic heterocycles. The number of likely N-dealkylation sites (N-methyl/N-ethyl adjacent to an activating group) is 1. The Labute approximate surface area is 338 Å². The van der Waals surface area contributed by atoms with Gasteiger partial charge >= 0.3 is 12.1 Å². The Morgan fingerprint density at radius 3 is 2.60 bits per heavy atom. The van der Waals surface area contributed by atoms with Crippen LogP contribution in [0.2, 0.25) is 0 Å². The Kier molecular flexibility index (Phi) is 13.3. The number of ether oxygens (including phenoxy) is 5. The smallest absolute Gasteiger partial charge is 0.410 e. The fraction of sp³-hybridized carbons (Fsp3) is 0.644. The maximum absolute atomic E-state index is 14.1. The predicted molar refractivity (Wildman–Crippen MR) is 221 cm³/mol. The number of fused-ring (bicyclic) bond motifs is 2. The summed E-state index contributed by atoms with van der Waals surface area (Å²) in [5.74, 6) is -1.23. The zero-order chi connectivity index (χ0) is 41.2. The van der Waals surface area contributed by atoms with Gasteiger partial charge in [-0.3, -0.25) is 14.9 Å². The number of cyclic esters (lactones) is 1. The number of para-hydroxylation sites is 1. The molecule has 4 aliphatic rings. The maximum atomic E-state index is 14.1. The van der Waals surface area contributed by atoms with Crippen LogP contribution >= 0.6 is 0 Å². The van der Waals surface area contributed by atoms with Crippen molar-refractivity contribution in [1.82, 2.24) is 14.8 Å². The van der Waals surface area contributed by atoms with E-state index in [2.05, 4.69) is 24.9 Å². The number of hydrogen-bond donors (Lipinski definition) is 1. The number of amides is 1. The number of esters is 1. The summed E-state index contributed by atoms with van der Waals surface area (Å²) in [4.78, 5) is 41.1. The average Bonchev–Trinajstić information content (AvgIpc) is 3.29. The Hall–Kier alpha value is -3.68. The van der Waals surface area contributed by atoms with Crippen LogP contribution in [0, 0.1) is 17.8 Å². The molecule has 1 unspecified atom stereocenters. The molecule has 57 heavy (non-hydrogen) atoms. The quantitative estimate of drug-likeness (QED) is 0.270. The lowest BCUT2D eigenvalue weighted by Crippen LogP contribution is -2.59. The lowest BCUT2D eigenvalue weighted by atomic mass is 9.73. The van der Waals surface area contributed by atoms with Gasteiger partial charge in [0.25, 0.3) is 0 Å². The molecule has 1 amide bonds. The van der Waals surface area contributed by atoms with Gasteiger partial charge in [0.2, 0.25) is 0 Å². The van der Waals surface area contributed by atoms with Gasteiger partial charge in [-0.25, -0.2) is 9.59 Å². The Morgan fingerprint density at radius 1 is 1.11 bits per heavy atom. The van der Waals surface area contributed by atoms with Crippen LogP contribution in [0.25, 0.3) is 17.0 Å². The summed E-state index contributed by atoms with van der Waals surface area (Å²) in [5, 5.41) is 12.8. The van der Waals surface area contributed by atoms with Gasteiger partial charge in [-0.15, -0.1) is 0 Å². The van der Waals surface area contributed by atoms with Crippen molar-refractivity contribution < 1.29 is 38.4 Å². The summed E-state index contributed by atoms with van der Waals surface area (Å²) >= 11 is 0. The third-order valence-corrected chi connectivity index (χ3v) is 12.7. The number of carbonyl (C=O) groups is 2. The van der Waals surface area contributed by atoms with E-state index in [1.165, 1.54) is 0 Å². The topological polar surface area (TPSA) is 132 Å². The second-order valence-corrected chi connectivity index (χ2v) is 17.4. The predicted octanol–water partition coefficient (Wildman–Crippen LogP) is 6.84. The van der Waals surface area contributed by atoms with E-state index >= 15 is 0 Å². The van der Waals surface area contributed by atoms with Crippen molar-refractivity contribution in [2.75, 3.05) is 33.8 Å². The molecule has 12 nitrogen and oxygen atoms in total. The first-order valence-electron chi connectivity index (χ1n) is 20.8. The Balaban J connectivity index is 1.43.